The van der Waals surface area contributed by atoms with Crippen LogP contribution in [0.15, 0.2) is 82.0 Å². The number of ether oxygens (including phenoxy) is 1. The highest BCUT2D eigenvalue weighted by Gasteiger charge is 2.44. The van der Waals surface area contributed by atoms with Gasteiger partial charge in [0.25, 0.3) is 5.91 Å². The van der Waals surface area contributed by atoms with E-state index in [1.807, 2.05) is 0 Å². The van der Waals surface area contributed by atoms with Crippen molar-refractivity contribution in [3.8, 4) is 11.5 Å². The lowest BCUT2D eigenvalue weighted by molar-refractivity contribution is -0.122. The Morgan fingerprint density at radius 3 is 2.58 bits per heavy atom. The first kappa shape index (κ1) is 18.9. The molecule has 6 nitrogen and oxygen atoms in total. The monoisotopic (exact) mass is 417 g/mol. The van der Waals surface area contributed by atoms with Crippen molar-refractivity contribution in [2.75, 3.05) is 5.32 Å². The number of para-hydroxylation sites is 2. The van der Waals surface area contributed by atoms with Crippen LogP contribution in [0, 0.1) is 5.82 Å². The molecule has 154 valence electrons. The number of nitrogens with one attached hydrogen (secondary N) is 1. The Bertz CT molecular complexity index is 1380. The topological polar surface area (TPSA) is 88.8 Å². The van der Waals surface area contributed by atoms with Gasteiger partial charge in [0.2, 0.25) is 0 Å². The number of phenolic OH excluding ortho intramolecular Hbond substituents is 1. The molecule has 0 bridgehead atoms. The zero-order chi connectivity index (χ0) is 21.5. The van der Waals surface area contributed by atoms with Crippen LogP contribution < -0.4 is 15.7 Å². The van der Waals surface area contributed by atoms with E-state index in [1.165, 1.54) is 30.3 Å². The largest absolute Gasteiger partial charge is 0.508 e. The molecule has 0 spiro atoms. The van der Waals surface area contributed by atoms with Crippen LogP contribution in [0.25, 0.3) is 11.0 Å². The maximum absolute atomic E-state index is 14.1. The third-order valence-corrected chi connectivity index (χ3v) is 5.28. The summed E-state index contributed by atoms with van der Waals surface area (Å²) in [6.45, 7) is 0. The van der Waals surface area contributed by atoms with E-state index in [9.17, 15) is 19.1 Å². The number of rotatable bonds is 3. The van der Waals surface area contributed by atoms with Gasteiger partial charge in [0, 0.05) is 0 Å². The predicted octanol–water partition coefficient (Wildman–Crippen LogP) is 4.17. The first-order valence-corrected chi connectivity index (χ1v) is 9.59. The molecule has 0 fully saturated rings. The Morgan fingerprint density at radius 2 is 1.77 bits per heavy atom. The van der Waals surface area contributed by atoms with E-state index in [-0.39, 0.29) is 22.7 Å². The summed E-state index contributed by atoms with van der Waals surface area (Å²) in [4.78, 5) is 26.0. The molecule has 0 radical (unpaired) electrons. The minimum atomic E-state index is -1.18. The molecule has 2 atom stereocenters. The van der Waals surface area contributed by atoms with E-state index in [0.717, 1.165) is 0 Å². The van der Waals surface area contributed by atoms with E-state index in [4.69, 9.17) is 9.15 Å². The van der Waals surface area contributed by atoms with Gasteiger partial charge in [0.1, 0.15) is 22.9 Å². The number of fused-ring (bicyclic) bond motifs is 3. The van der Waals surface area contributed by atoms with E-state index < -0.39 is 29.4 Å². The fourth-order valence-electron chi connectivity index (χ4n) is 3.91. The molecule has 0 unspecified atom stereocenters. The third-order valence-electron chi connectivity index (χ3n) is 5.28. The fraction of sp³-hybridized carbons (Fsp3) is 0.0833. The molecule has 31 heavy (non-hydrogen) atoms. The van der Waals surface area contributed by atoms with Crippen molar-refractivity contribution in [1.29, 1.82) is 0 Å². The van der Waals surface area contributed by atoms with Gasteiger partial charge in [-0.05, 0) is 42.0 Å². The smallest absolute Gasteiger partial charge is 0.344 e. The number of hydrogen-bond acceptors (Lipinski definition) is 5. The summed E-state index contributed by atoms with van der Waals surface area (Å²) in [5, 5.41) is 13.0. The summed E-state index contributed by atoms with van der Waals surface area (Å²) < 4.78 is 25.6. The first-order chi connectivity index (χ1) is 15.0. The predicted molar refractivity (Wildman–Crippen MR) is 112 cm³/mol. The summed E-state index contributed by atoms with van der Waals surface area (Å²) >= 11 is 0. The quantitative estimate of drug-likeness (QED) is 0.489. The number of benzene rings is 3. The summed E-state index contributed by atoms with van der Waals surface area (Å²) in [6.07, 6.45) is -1.18. The lowest BCUT2D eigenvalue weighted by Crippen LogP contribution is -2.35. The molecule has 1 amide bonds. The first-order valence-electron chi connectivity index (χ1n) is 9.59. The number of halogens is 1. The Morgan fingerprint density at radius 1 is 1.00 bits per heavy atom. The fourth-order valence-corrected chi connectivity index (χ4v) is 3.91. The Hall–Kier alpha value is -4.13. The normalized spacial score (nSPS) is 17.2. The van der Waals surface area contributed by atoms with Crippen molar-refractivity contribution in [1.82, 2.24) is 0 Å². The molecule has 3 aromatic carbocycles. The zero-order valence-electron chi connectivity index (χ0n) is 16.0. The standard InChI is InChI=1S/C24H16FNO5/c25-16-9-2-3-10-17(16)26-23(28)22-19(13-6-5-7-14(27)12-13)20-21(31-22)15-8-1-4-11-18(15)30-24(20)29/h1-12,19,22,27H,(H,26,28)/t19-,22-/m1/s1. The molecule has 4 aromatic rings. The van der Waals surface area contributed by atoms with Gasteiger partial charge in [-0.15, -0.1) is 0 Å². The van der Waals surface area contributed by atoms with Gasteiger partial charge >= 0.3 is 5.63 Å². The van der Waals surface area contributed by atoms with Crippen LogP contribution in [-0.2, 0) is 4.79 Å². The van der Waals surface area contributed by atoms with Crippen LogP contribution >= 0.6 is 0 Å². The second-order valence-electron chi connectivity index (χ2n) is 7.21. The highest BCUT2D eigenvalue weighted by Crippen LogP contribution is 2.45. The van der Waals surface area contributed by atoms with Gasteiger partial charge in [-0.2, -0.15) is 0 Å². The Labute approximate surface area is 175 Å². The van der Waals surface area contributed by atoms with Crippen molar-refractivity contribution in [3.05, 3.63) is 100 Å². The summed E-state index contributed by atoms with van der Waals surface area (Å²) in [5.41, 5.74) is 0.367. The lowest BCUT2D eigenvalue weighted by Gasteiger charge is -2.19. The molecule has 0 aliphatic carbocycles. The van der Waals surface area contributed by atoms with Gasteiger partial charge in [-0.25, -0.2) is 9.18 Å². The highest BCUT2D eigenvalue weighted by molar-refractivity contribution is 5.97. The number of carbonyl (C=O) groups is 1. The maximum atomic E-state index is 14.1. The lowest BCUT2D eigenvalue weighted by atomic mass is 9.88. The van der Waals surface area contributed by atoms with Gasteiger partial charge in [-0.1, -0.05) is 36.4 Å². The number of amides is 1. The molecule has 1 aromatic heterocycles. The number of phenols is 1. The molecule has 1 aliphatic heterocycles. The molecular formula is C24H16FNO5. The third kappa shape index (κ3) is 3.20. The SMILES string of the molecule is O=C(Nc1ccccc1F)[C@@H]1Oc2c(c(=O)oc3ccccc23)[C@H]1c1cccc(O)c1. The number of aromatic hydroxyl groups is 1. The van der Waals surface area contributed by atoms with Crippen LogP contribution in [-0.4, -0.2) is 17.1 Å². The molecule has 2 N–H and O–H groups in total. The second-order valence-corrected chi connectivity index (χ2v) is 7.21. The van der Waals surface area contributed by atoms with Crippen LogP contribution in [0.1, 0.15) is 17.0 Å². The molecule has 5 rings (SSSR count). The zero-order valence-corrected chi connectivity index (χ0v) is 16.0. The van der Waals surface area contributed by atoms with Crippen LogP contribution in [0.4, 0.5) is 10.1 Å². The van der Waals surface area contributed by atoms with Crippen molar-refractivity contribution in [2.45, 2.75) is 12.0 Å². The molecule has 2 heterocycles. The molecule has 0 saturated carbocycles. The van der Waals surface area contributed by atoms with Crippen molar-refractivity contribution < 1.29 is 23.4 Å². The molecule has 0 saturated heterocycles. The second kappa shape index (κ2) is 7.28. The minimum absolute atomic E-state index is 0.00129. The van der Waals surface area contributed by atoms with E-state index >= 15 is 0 Å². The summed E-state index contributed by atoms with van der Waals surface area (Å²) in [6, 6.07) is 18.9. The van der Waals surface area contributed by atoms with Crippen molar-refractivity contribution in [2.24, 2.45) is 0 Å². The Balaban J connectivity index is 1.66. The average molecular weight is 417 g/mol. The number of anilines is 1. The van der Waals surface area contributed by atoms with Crippen molar-refractivity contribution >= 4 is 22.6 Å². The van der Waals surface area contributed by atoms with Crippen LogP contribution in [0.2, 0.25) is 0 Å². The van der Waals surface area contributed by atoms with Gasteiger partial charge in [-0.3, -0.25) is 4.79 Å². The molecule has 7 heteroatoms. The van der Waals surface area contributed by atoms with E-state index in [1.54, 1.807) is 42.5 Å². The molecule has 1 aliphatic rings. The van der Waals surface area contributed by atoms with E-state index in [0.29, 0.717) is 16.5 Å². The molecular weight excluding hydrogens is 401 g/mol. The van der Waals surface area contributed by atoms with E-state index in [2.05, 4.69) is 5.32 Å². The van der Waals surface area contributed by atoms with Crippen LogP contribution in [0.3, 0.4) is 0 Å². The average Bonchev–Trinajstić information content (AvgIpc) is 3.17. The summed E-state index contributed by atoms with van der Waals surface area (Å²) in [7, 11) is 0. The summed E-state index contributed by atoms with van der Waals surface area (Å²) in [5.74, 6) is -1.85. The van der Waals surface area contributed by atoms with Crippen molar-refractivity contribution in [3.63, 3.8) is 0 Å². The number of hydrogen-bond donors (Lipinski definition) is 2. The minimum Gasteiger partial charge on any atom is -0.508 e. The Kier molecular flexibility index (Phi) is 4.43. The number of carbonyl (C=O) groups excluding carboxylic acids is 1. The maximum Gasteiger partial charge on any atom is 0.344 e. The van der Waals surface area contributed by atoms with Gasteiger partial charge < -0.3 is 19.6 Å². The highest BCUT2D eigenvalue weighted by atomic mass is 19.1. The van der Waals surface area contributed by atoms with Gasteiger partial charge in [0.15, 0.2) is 6.10 Å². The van der Waals surface area contributed by atoms with Gasteiger partial charge in [0.05, 0.1) is 22.6 Å². The van der Waals surface area contributed by atoms with Crippen LogP contribution in [0.5, 0.6) is 11.5 Å².